The van der Waals surface area contributed by atoms with Crippen molar-refractivity contribution in [2.75, 3.05) is 31.2 Å². The Kier molecular flexibility index (Phi) is 3.81. The van der Waals surface area contributed by atoms with E-state index in [2.05, 4.69) is 26.9 Å². The first kappa shape index (κ1) is 11.4. The molecular weight excluding hydrogens is 268 g/mol. The highest BCUT2D eigenvalue weighted by atomic mass is 79.9. The van der Waals surface area contributed by atoms with Crippen LogP contribution in [0.1, 0.15) is 12.0 Å². The Bertz CT molecular complexity index is 406. The van der Waals surface area contributed by atoms with Crippen molar-refractivity contribution in [3.8, 4) is 6.07 Å². The second-order valence-corrected chi connectivity index (χ2v) is 4.58. The van der Waals surface area contributed by atoms with Crippen LogP contribution in [-0.4, -0.2) is 26.3 Å². The number of nitriles is 1. The molecule has 0 radical (unpaired) electrons. The highest BCUT2D eigenvalue weighted by Crippen LogP contribution is 2.24. The predicted octanol–water partition coefficient (Wildman–Crippen LogP) is 2.55. The summed E-state index contributed by atoms with van der Waals surface area (Å²) in [5, 5.41) is 8.85. The first-order chi connectivity index (χ1) is 7.81. The van der Waals surface area contributed by atoms with Gasteiger partial charge in [-0.25, -0.2) is 0 Å². The van der Waals surface area contributed by atoms with Crippen LogP contribution in [0.15, 0.2) is 22.7 Å². The second kappa shape index (κ2) is 5.33. The molecule has 0 amide bonds. The van der Waals surface area contributed by atoms with Crippen LogP contribution in [0.3, 0.4) is 0 Å². The number of rotatable bonds is 1. The lowest BCUT2D eigenvalue weighted by atomic mass is 10.2. The first-order valence-electron chi connectivity index (χ1n) is 5.33. The lowest BCUT2D eigenvalue weighted by molar-refractivity contribution is 0.152. The molecule has 1 aromatic carbocycles. The monoisotopic (exact) mass is 280 g/mol. The van der Waals surface area contributed by atoms with Gasteiger partial charge in [-0.2, -0.15) is 5.26 Å². The van der Waals surface area contributed by atoms with Gasteiger partial charge >= 0.3 is 0 Å². The molecular formula is C12H13BrN2O. The Morgan fingerprint density at radius 1 is 1.31 bits per heavy atom. The third kappa shape index (κ3) is 2.55. The Morgan fingerprint density at radius 3 is 2.94 bits per heavy atom. The summed E-state index contributed by atoms with van der Waals surface area (Å²) in [6, 6.07) is 8.00. The summed E-state index contributed by atoms with van der Waals surface area (Å²) in [5.74, 6) is 0. The fourth-order valence-corrected chi connectivity index (χ4v) is 2.25. The largest absolute Gasteiger partial charge is 0.380 e. The zero-order chi connectivity index (χ0) is 11.4. The Balaban J connectivity index is 2.20. The van der Waals surface area contributed by atoms with E-state index in [1.807, 2.05) is 18.2 Å². The summed E-state index contributed by atoms with van der Waals surface area (Å²) < 4.78 is 6.27. The van der Waals surface area contributed by atoms with E-state index in [1.54, 1.807) is 0 Å². The van der Waals surface area contributed by atoms with Crippen molar-refractivity contribution in [3.63, 3.8) is 0 Å². The van der Waals surface area contributed by atoms with E-state index in [9.17, 15) is 0 Å². The summed E-state index contributed by atoms with van der Waals surface area (Å²) in [4.78, 5) is 2.29. The number of anilines is 1. The molecule has 3 nitrogen and oxygen atoms in total. The topological polar surface area (TPSA) is 36.3 Å². The molecule has 4 heteroatoms. The molecule has 1 aromatic rings. The lowest BCUT2D eigenvalue weighted by Gasteiger charge is -2.22. The molecule has 0 saturated carbocycles. The number of hydrogen-bond donors (Lipinski definition) is 0. The molecule has 2 rings (SSSR count). The van der Waals surface area contributed by atoms with Crippen molar-refractivity contribution < 1.29 is 4.74 Å². The summed E-state index contributed by atoms with van der Waals surface area (Å²) in [6.45, 7) is 3.54. The number of hydrogen-bond acceptors (Lipinski definition) is 3. The molecule has 0 aliphatic carbocycles. The zero-order valence-electron chi connectivity index (χ0n) is 8.95. The summed E-state index contributed by atoms with van der Waals surface area (Å²) in [5.41, 5.74) is 1.83. The molecule has 1 aliphatic rings. The third-order valence-corrected chi connectivity index (χ3v) is 3.32. The van der Waals surface area contributed by atoms with Gasteiger partial charge < -0.3 is 9.64 Å². The molecule has 0 unspecified atom stereocenters. The van der Waals surface area contributed by atoms with Gasteiger partial charge in [0.2, 0.25) is 0 Å². The molecule has 0 N–H and O–H groups in total. The standard InChI is InChI=1S/C12H13BrN2O/c13-12-8-11(3-2-10(12)9-14)15-4-1-6-16-7-5-15/h2-3,8H,1,4-7H2. The Labute approximate surface area is 104 Å². The summed E-state index contributed by atoms with van der Waals surface area (Å²) in [7, 11) is 0. The lowest BCUT2D eigenvalue weighted by Crippen LogP contribution is -2.25. The van der Waals surface area contributed by atoms with Crippen LogP contribution >= 0.6 is 15.9 Å². The van der Waals surface area contributed by atoms with Gasteiger partial charge in [0.15, 0.2) is 0 Å². The second-order valence-electron chi connectivity index (χ2n) is 3.73. The van der Waals surface area contributed by atoms with E-state index in [1.165, 1.54) is 0 Å². The van der Waals surface area contributed by atoms with Crippen LogP contribution in [0.25, 0.3) is 0 Å². The van der Waals surface area contributed by atoms with E-state index >= 15 is 0 Å². The molecule has 1 fully saturated rings. The number of ether oxygens (including phenoxy) is 1. The molecule has 1 heterocycles. The van der Waals surface area contributed by atoms with Crippen LogP contribution in [-0.2, 0) is 4.74 Å². The van der Waals surface area contributed by atoms with Crippen molar-refractivity contribution in [1.82, 2.24) is 0 Å². The highest BCUT2D eigenvalue weighted by molar-refractivity contribution is 9.10. The van der Waals surface area contributed by atoms with Gasteiger partial charge in [-0.15, -0.1) is 0 Å². The molecule has 16 heavy (non-hydrogen) atoms. The minimum atomic E-state index is 0.676. The molecule has 84 valence electrons. The predicted molar refractivity (Wildman–Crippen MR) is 66.5 cm³/mol. The fraction of sp³-hybridized carbons (Fsp3) is 0.417. The zero-order valence-corrected chi connectivity index (χ0v) is 10.5. The van der Waals surface area contributed by atoms with Gasteiger partial charge in [0.05, 0.1) is 12.2 Å². The van der Waals surface area contributed by atoms with E-state index in [-0.39, 0.29) is 0 Å². The van der Waals surface area contributed by atoms with Crippen LogP contribution in [0.2, 0.25) is 0 Å². The van der Waals surface area contributed by atoms with Gasteiger partial charge in [-0.1, -0.05) is 0 Å². The van der Waals surface area contributed by atoms with Crippen LogP contribution in [0.4, 0.5) is 5.69 Å². The van der Waals surface area contributed by atoms with Crippen molar-refractivity contribution in [2.24, 2.45) is 0 Å². The first-order valence-corrected chi connectivity index (χ1v) is 6.13. The van der Waals surface area contributed by atoms with Crippen molar-refractivity contribution >= 4 is 21.6 Å². The molecule has 1 saturated heterocycles. The van der Waals surface area contributed by atoms with Crippen LogP contribution in [0.5, 0.6) is 0 Å². The minimum Gasteiger partial charge on any atom is -0.380 e. The molecule has 0 aromatic heterocycles. The maximum Gasteiger partial charge on any atom is 0.100 e. The maximum atomic E-state index is 8.85. The Hall–Kier alpha value is -1.05. The average Bonchev–Trinajstić information content (AvgIpc) is 2.57. The molecule has 1 aliphatic heterocycles. The SMILES string of the molecule is N#Cc1ccc(N2CCCOCC2)cc1Br. The van der Waals surface area contributed by atoms with Gasteiger partial charge in [0.1, 0.15) is 6.07 Å². The quantitative estimate of drug-likeness (QED) is 0.793. The number of benzene rings is 1. The normalized spacial score (nSPS) is 16.6. The smallest absolute Gasteiger partial charge is 0.100 e. The average molecular weight is 281 g/mol. The number of halogens is 1. The van der Waals surface area contributed by atoms with E-state index in [4.69, 9.17) is 10.00 Å². The van der Waals surface area contributed by atoms with Crippen LogP contribution in [0, 0.1) is 11.3 Å². The molecule has 0 spiro atoms. The van der Waals surface area contributed by atoms with Crippen molar-refractivity contribution in [2.45, 2.75) is 6.42 Å². The van der Waals surface area contributed by atoms with E-state index in [0.717, 1.165) is 42.9 Å². The van der Waals surface area contributed by atoms with Gasteiger partial charge in [0.25, 0.3) is 0 Å². The van der Waals surface area contributed by atoms with Crippen molar-refractivity contribution in [1.29, 1.82) is 5.26 Å². The Morgan fingerprint density at radius 2 is 2.19 bits per heavy atom. The molecule has 0 bridgehead atoms. The van der Waals surface area contributed by atoms with Gasteiger partial charge in [-0.05, 0) is 40.5 Å². The fourth-order valence-electron chi connectivity index (χ4n) is 1.80. The van der Waals surface area contributed by atoms with Crippen molar-refractivity contribution in [3.05, 3.63) is 28.2 Å². The summed E-state index contributed by atoms with van der Waals surface area (Å²) in [6.07, 6.45) is 1.05. The number of nitrogens with zero attached hydrogens (tertiary/aromatic N) is 2. The molecule has 0 atom stereocenters. The third-order valence-electron chi connectivity index (χ3n) is 2.66. The maximum absolute atomic E-state index is 8.85. The van der Waals surface area contributed by atoms with Gasteiger partial charge in [-0.3, -0.25) is 0 Å². The van der Waals surface area contributed by atoms with Gasteiger partial charge in [0, 0.05) is 29.9 Å². The minimum absolute atomic E-state index is 0.676. The van der Waals surface area contributed by atoms with Crippen LogP contribution < -0.4 is 4.90 Å². The summed E-state index contributed by atoms with van der Waals surface area (Å²) >= 11 is 3.41. The van der Waals surface area contributed by atoms with E-state index in [0.29, 0.717) is 5.56 Å². The van der Waals surface area contributed by atoms with E-state index < -0.39 is 0 Å². The highest BCUT2D eigenvalue weighted by Gasteiger charge is 2.11.